The Morgan fingerprint density at radius 2 is 2.20 bits per heavy atom. The van der Waals surface area contributed by atoms with Gasteiger partial charge in [-0.05, 0) is 18.7 Å². The summed E-state index contributed by atoms with van der Waals surface area (Å²) in [5.41, 5.74) is 1.19. The normalized spacial score (nSPS) is 11.3. The molecule has 0 saturated heterocycles. The fourth-order valence-corrected chi connectivity index (χ4v) is 3.01. The summed E-state index contributed by atoms with van der Waals surface area (Å²) in [7, 11) is 0. The van der Waals surface area contributed by atoms with Gasteiger partial charge in [0.15, 0.2) is 0 Å². The lowest BCUT2D eigenvalue weighted by Gasteiger charge is -2.00. The first-order chi connectivity index (χ1) is 7.13. The maximum Gasteiger partial charge on any atom is 0.103 e. The SMILES string of the molecule is CCNCc1sc(CSC(C)C)nc1C. The lowest BCUT2D eigenvalue weighted by molar-refractivity contribution is 0.731. The van der Waals surface area contributed by atoms with E-state index in [4.69, 9.17) is 0 Å². The van der Waals surface area contributed by atoms with Crippen LogP contribution in [0.25, 0.3) is 0 Å². The lowest BCUT2D eigenvalue weighted by Crippen LogP contribution is -2.11. The number of nitrogens with one attached hydrogen (secondary N) is 1. The number of thioether (sulfide) groups is 1. The molecule has 0 bridgehead atoms. The fraction of sp³-hybridized carbons (Fsp3) is 0.727. The average Bonchev–Trinajstić information content (AvgIpc) is 2.53. The van der Waals surface area contributed by atoms with Crippen molar-refractivity contribution in [3.8, 4) is 0 Å². The van der Waals surface area contributed by atoms with Crippen LogP contribution < -0.4 is 5.32 Å². The molecule has 0 radical (unpaired) electrons. The van der Waals surface area contributed by atoms with Gasteiger partial charge >= 0.3 is 0 Å². The highest BCUT2D eigenvalue weighted by Gasteiger charge is 2.07. The van der Waals surface area contributed by atoms with Gasteiger partial charge in [0.05, 0.1) is 5.69 Å². The second kappa shape index (κ2) is 6.51. The van der Waals surface area contributed by atoms with Crippen LogP contribution in [0.2, 0.25) is 0 Å². The molecule has 15 heavy (non-hydrogen) atoms. The van der Waals surface area contributed by atoms with Crippen molar-refractivity contribution in [3.05, 3.63) is 15.6 Å². The highest BCUT2D eigenvalue weighted by molar-refractivity contribution is 7.99. The van der Waals surface area contributed by atoms with Gasteiger partial charge in [-0.25, -0.2) is 4.98 Å². The maximum absolute atomic E-state index is 4.59. The minimum Gasteiger partial charge on any atom is -0.312 e. The molecule has 0 amide bonds. The number of aromatic nitrogens is 1. The van der Waals surface area contributed by atoms with E-state index in [9.17, 15) is 0 Å². The molecule has 4 heteroatoms. The third-order valence-electron chi connectivity index (χ3n) is 2.01. The van der Waals surface area contributed by atoms with E-state index < -0.39 is 0 Å². The second-order valence-corrected chi connectivity index (χ2v) is 6.49. The standard InChI is InChI=1S/C11H20N2S2/c1-5-12-6-10-9(4)13-11(15-10)7-14-8(2)3/h8,12H,5-7H2,1-4H3. The fourth-order valence-electron chi connectivity index (χ4n) is 1.19. The Balaban J connectivity index is 2.52. The zero-order valence-electron chi connectivity index (χ0n) is 9.96. The molecule has 0 saturated carbocycles. The Labute approximate surface area is 101 Å². The largest absolute Gasteiger partial charge is 0.312 e. The highest BCUT2D eigenvalue weighted by Crippen LogP contribution is 2.23. The predicted octanol–water partition coefficient (Wildman–Crippen LogP) is 3.20. The van der Waals surface area contributed by atoms with Gasteiger partial charge in [0, 0.05) is 17.2 Å². The van der Waals surface area contributed by atoms with Gasteiger partial charge in [-0.1, -0.05) is 20.8 Å². The first kappa shape index (κ1) is 13.0. The van der Waals surface area contributed by atoms with E-state index >= 15 is 0 Å². The van der Waals surface area contributed by atoms with E-state index in [1.54, 1.807) is 0 Å². The molecule has 1 aromatic heterocycles. The topological polar surface area (TPSA) is 24.9 Å². The molecule has 2 nitrogen and oxygen atoms in total. The summed E-state index contributed by atoms with van der Waals surface area (Å²) in [6.07, 6.45) is 0. The Morgan fingerprint density at radius 1 is 1.47 bits per heavy atom. The number of hydrogen-bond donors (Lipinski definition) is 1. The van der Waals surface area contributed by atoms with Crippen molar-refractivity contribution in [2.75, 3.05) is 6.54 Å². The number of hydrogen-bond acceptors (Lipinski definition) is 4. The molecule has 1 heterocycles. The van der Waals surface area contributed by atoms with Crippen LogP contribution in [-0.4, -0.2) is 16.8 Å². The van der Waals surface area contributed by atoms with Crippen molar-refractivity contribution in [1.29, 1.82) is 0 Å². The molecule has 0 atom stereocenters. The van der Waals surface area contributed by atoms with Crippen molar-refractivity contribution in [3.63, 3.8) is 0 Å². The molecule has 0 fully saturated rings. The molecule has 1 N–H and O–H groups in total. The van der Waals surface area contributed by atoms with Gasteiger partial charge < -0.3 is 5.32 Å². The van der Waals surface area contributed by atoms with Crippen molar-refractivity contribution in [1.82, 2.24) is 10.3 Å². The molecule has 0 unspecified atom stereocenters. The number of thiazole rings is 1. The Kier molecular flexibility index (Phi) is 5.64. The summed E-state index contributed by atoms with van der Waals surface area (Å²) in [6.45, 7) is 10.7. The minimum atomic E-state index is 0.687. The van der Waals surface area contributed by atoms with Gasteiger partial charge in [-0.3, -0.25) is 0 Å². The summed E-state index contributed by atoms with van der Waals surface area (Å²) in [5.74, 6) is 1.05. The van der Waals surface area contributed by atoms with E-state index in [0.717, 1.165) is 18.8 Å². The van der Waals surface area contributed by atoms with E-state index in [-0.39, 0.29) is 0 Å². The lowest BCUT2D eigenvalue weighted by atomic mass is 10.4. The summed E-state index contributed by atoms with van der Waals surface area (Å²) in [4.78, 5) is 5.98. The smallest absolute Gasteiger partial charge is 0.103 e. The molecule has 0 aliphatic heterocycles. The van der Waals surface area contributed by atoms with Crippen LogP contribution >= 0.6 is 23.1 Å². The third-order valence-corrected chi connectivity index (χ3v) is 4.46. The highest BCUT2D eigenvalue weighted by atomic mass is 32.2. The molecule has 0 aliphatic rings. The summed E-state index contributed by atoms with van der Waals surface area (Å²) >= 11 is 3.80. The van der Waals surface area contributed by atoms with Crippen LogP contribution in [-0.2, 0) is 12.3 Å². The van der Waals surface area contributed by atoms with Crippen LogP contribution in [0.15, 0.2) is 0 Å². The summed E-state index contributed by atoms with van der Waals surface area (Å²) < 4.78 is 0. The zero-order valence-corrected chi connectivity index (χ0v) is 11.6. The summed E-state index contributed by atoms with van der Waals surface area (Å²) in [5, 5.41) is 5.30. The first-order valence-corrected chi connectivity index (χ1v) is 7.27. The molecule has 1 aromatic rings. The molecule has 86 valence electrons. The third kappa shape index (κ3) is 4.53. The van der Waals surface area contributed by atoms with Gasteiger partial charge in [0.2, 0.25) is 0 Å². The van der Waals surface area contributed by atoms with Crippen molar-refractivity contribution >= 4 is 23.1 Å². The number of rotatable bonds is 6. The molecule has 0 aliphatic carbocycles. The van der Waals surface area contributed by atoms with E-state index in [0.29, 0.717) is 5.25 Å². The second-order valence-electron chi connectivity index (χ2n) is 3.76. The van der Waals surface area contributed by atoms with Crippen molar-refractivity contribution < 1.29 is 0 Å². The average molecular weight is 244 g/mol. The monoisotopic (exact) mass is 244 g/mol. The van der Waals surface area contributed by atoms with Crippen molar-refractivity contribution in [2.24, 2.45) is 0 Å². The maximum atomic E-state index is 4.59. The quantitative estimate of drug-likeness (QED) is 0.832. The molecular formula is C11H20N2S2. The van der Waals surface area contributed by atoms with E-state index in [1.165, 1.54) is 15.6 Å². The Morgan fingerprint density at radius 3 is 2.80 bits per heavy atom. The molecule has 0 spiro atoms. The Hall–Kier alpha value is -0.0600. The van der Waals surface area contributed by atoms with Crippen LogP contribution in [0, 0.1) is 6.92 Å². The predicted molar refractivity (Wildman–Crippen MR) is 70.7 cm³/mol. The number of nitrogens with zero attached hydrogens (tertiary/aromatic N) is 1. The van der Waals surface area contributed by atoms with Gasteiger partial charge in [-0.2, -0.15) is 11.8 Å². The molecular weight excluding hydrogens is 224 g/mol. The van der Waals surface area contributed by atoms with Crippen LogP contribution in [0.1, 0.15) is 36.3 Å². The number of aryl methyl sites for hydroxylation is 1. The minimum absolute atomic E-state index is 0.687. The van der Waals surface area contributed by atoms with Gasteiger partial charge in [0.25, 0.3) is 0 Å². The van der Waals surface area contributed by atoms with Gasteiger partial charge in [-0.15, -0.1) is 11.3 Å². The Bertz CT molecular complexity index is 295. The van der Waals surface area contributed by atoms with E-state index in [1.807, 2.05) is 23.1 Å². The van der Waals surface area contributed by atoms with Crippen LogP contribution in [0.3, 0.4) is 0 Å². The summed E-state index contributed by atoms with van der Waals surface area (Å²) in [6, 6.07) is 0. The molecule has 0 aromatic carbocycles. The zero-order chi connectivity index (χ0) is 11.3. The van der Waals surface area contributed by atoms with Gasteiger partial charge in [0.1, 0.15) is 5.01 Å². The van der Waals surface area contributed by atoms with Crippen LogP contribution in [0.5, 0.6) is 0 Å². The van der Waals surface area contributed by atoms with Crippen molar-refractivity contribution in [2.45, 2.75) is 45.2 Å². The molecule has 1 rings (SSSR count). The first-order valence-electron chi connectivity index (χ1n) is 5.41. The van der Waals surface area contributed by atoms with E-state index in [2.05, 4.69) is 38.0 Å². The van der Waals surface area contributed by atoms with Crippen LogP contribution in [0.4, 0.5) is 0 Å².